The lowest BCUT2D eigenvalue weighted by atomic mass is 10.1. The Kier molecular flexibility index (Phi) is 6.36. The minimum absolute atomic E-state index is 0.146. The molecule has 2 nitrogen and oxygen atoms in total. The Morgan fingerprint density at radius 2 is 2.25 bits per heavy atom. The molecular weight excluding hydrogens is 242 g/mol. The summed E-state index contributed by atoms with van der Waals surface area (Å²) in [5, 5.41) is 6.36. The Morgan fingerprint density at radius 3 is 2.75 bits per heavy atom. The van der Waals surface area contributed by atoms with Crippen LogP contribution in [0.2, 0.25) is 5.02 Å². The monoisotopic (exact) mass is 261 g/mol. The molecule has 1 rings (SSSR count). The van der Waals surface area contributed by atoms with Crippen LogP contribution < -0.4 is 5.32 Å². The highest BCUT2D eigenvalue weighted by Crippen LogP contribution is 2.31. The summed E-state index contributed by atoms with van der Waals surface area (Å²) in [6.07, 6.45) is 1.26. The van der Waals surface area contributed by atoms with Crippen molar-refractivity contribution in [1.82, 2.24) is 5.32 Å². The van der Waals surface area contributed by atoms with Gasteiger partial charge in [-0.25, -0.2) is 0 Å². The molecule has 1 aromatic rings. The number of hydrogen-bond donors (Lipinski definition) is 1. The van der Waals surface area contributed by atoms with Gasteiger partial charge in [0, 0.05) is 11.5 Å². The van der Waals surface area contributed by atoms with Crippen molar-refractivity contribution in [1.29, 1.82) is 0 Å². The number of hydrogen-bond acceptors (Lipinski definition) is 3. The minimum Gasteiger partial charge on any atom is -0.377 e. The molecule has 0 radical (unpaired) electrons. The molecular formula is C12H20ClNOS. The Labute approximate surface area is 107 Å². The van der Waals surface area contributed by atoms with Crippen LogP contribution >= 0.6 is 22.9 Å². The summed E-state index contributed by atoms with van der Waals surface area (Å²) in [6.45, 7) is 7.98. The molecule has 0 aliphatic rings. The van der Waals surface area contributed by atoms with E-state index >= 15 is 0 Å². The smallest absolute Gasteiger partial charge is 0.0750 e. The molecule has 92 valence electrons. The average Bonchev–Trinajstić information content (AvgIpc) is 2.66. The summed E-state index contributed by atoms with van der Waals surface area (Å²) in [7, 11) is 0. The van der Waals surface area contributed by atoms with E-state index < -0.39 is 0 Å². The Bertz CT molecular complexity index is 303. The van der Waals surface area contributed by atoms with Gasteiger partial charge in [0.1, 0.15) is 0 Å². The molecule has 4 heteroatoms. The molecule has 16 heavy (non-hydrogen) atoms. The number of ether oxygens (including phenoxy) is 1. The maximum absolute atomic E-state index is 6.17. The summed E-state index contributed by atoms with van der Waals surface area (Å²) >= 11 is 7.86. The first-order chi connectivity index (χ1) is 7.70. The van der Waals surface area contributed by atoms with E-state index in [-0.39, 0.29) is 12.1 Å². The van der Waals surface area contributed by atoms with E-state index in [0.29, 0.717) is 0 Å². The molecule has 0 amide bonds. The van der Waals surface area contributed by atoms with Gasteiger partial charge in [0.05, 0.1) is 17.2 Å². The lowest BCUT2D eigenvalue weighted by Gasteiger charge is -2.24. The van der Waals surface area contributed by atoms with Gasteiger partial charge in [-0.15, -0.1) is 11.3 Å². The van der Waals surface area contributed by atoms with Crippen molar-refractivity contribution < 1.29 is 4.74 Å². The second kappa shape index (κ2) is 7.28. The van der Waals surface area contributed by atoms with Gasteiger partial charge in [-0.1, -0.05) is 18.5 Å². The molecule has 1 heterocycles. The van der Waals surface area contributed by atoms with Crippen LogP contribution in [0.1, 0.15) is 38.1 Å². The van der Waals surface area contributed by atoms with Crippen molar-refractivity contribution in [3.8, 4) is 0 Å². The van der Waals surface area contributed by atoms with Gasteiger partial charge >= 0.3 is 0 Å². The number of halogens is 1. The van der Waals surface area contributed by atoms with Crippen molar-refractivity contribution in [2.45, 2.75) is 39.3 Å². The van der Waals surface area contributed by atoms with E-state index in [0.717, 1.165) is 24.6 Å². The van der Waals surface area contributed by atoms with Crippen molar-refractivity contribution in [3.63, 3.8) is 0 Å². The van der Waals surface area contributed by atoms with Gasteiger partial charge in [0.15, 0.2) is 0 Å². The molecule has 0 aliphatic carbocycles. The first-order valence-electron chi connectivity index (χ1n) is 5.78. The zero-order chi connectivity index (χ0) is 12.0. The normalized spacial score (nSPS) is 15.0. The van der Waals surface area contributed by atoms with Crippen LogP contribution in [0.15, 0.2) is 11.4 Å². The maximum Gasteiger partial charge on any atom is 0.0750 e. The summed E-state index contributed by atoms with van der Waals surface area (Å²) in [5.41, 5.74) is 0. The van der Waals surface area contributed by atoms with Crippen LogP contribution in [0.4, 0.5) is 0 Å². The highest BCUT2D eigenvalue weighted by molar-refractivity contribution is 7.10. The first kappa shape index (κ1) is 14.0. The zero-order valence-electron chi connectivity index (χ0n) is 10.1. The second-order valence-electron chi connectivity index (χ2n) is 3.73. The standard InChI is InChI=1S/C12H20ClNOS/c1-4-7-14-11(9(3)15-5-2)12-10(13)6-8-16-12/h6,8-9,11,14H,4-5,7H2,1-3H3. The van der Waals surface area contributed by atoms with Crippen molar-refractivity contribution >= 4 is 22.9 Å². The van der Waals surface area contributed by atoms with E-state index in [1.54, 1.807) is 11.3 Å². The highest BCUT2D eigenvalue weighted by Gasteiger charge is 2.22. The molecule has 1 aromatic heterocycles. The summed E-state index contributed by atoms with van der Waals surface area (Å²) in [4.78, 5) is 1.18. The van der Waals surface area contributed by atoms with E-state index in [2.05, 4.69) is 19.2 Å². The maximum atomic E-state index is 6.17. The largest absolute Gasteiger partial charge is 0.377 e. The van der Waals surface area contributed by atoms with E-state index in [9.17, 15) is 0 Å². The van der Waals surface area contributed by atoms with Gasteiger partial charge in [-0.05, 0) is 38.3 Å². The lowest BCUT2D eigenvalue weighted by molar-refractivity contribution is 0.0482. The van der Waals surface area contributed by atoms with E-state index in [1.165, 1.54) is 4.88 Å². The fourth-order valence-electron chi connectivity index (χ4n) is 1.66. The van der Waals surface area contributed by atoms with Gasteiger partial charge in [0.25, 0.3) is 0 Å². The molecule has 0 bridgehead atoms. The number of nitrogens with one attached hydrogen (secondary N) is 1. The number of rotatable bonds is 7. The third-order valence-electron chi connectivity index (χ3n) is 2.44. The number of thiophene rings is 1. The van der Waals surface area contributed by atoms with E-state index in [1.807, 2.05) is 18.4 Å². The van der Waals surface area contributed by atoms with Crippen molar-refractivity contribution in [2.24, 2.45) is 0 Å². The van der Waals surface area contributed by atoms with Crippen LogP contribution in [0.5, 0.6) is 0 Å². The first-order valence-corrected chi connectivity index (χ1v) is 7.04. The van der Waals surface area contributed by atoms with Crippen molar-refractivity contribution in [2.75, 3.05) is 13.2 Å². The predicted octanol–water partition coefficient (Wildman–Crippen LogP) is 3.87. The van der Waals surface area contributed by atoms with Crippen LogP contribution in [-0.2, 0) is 4.74 Å². The van der Waals surface area contributed by atoms with Crippen molar-refractivity contribution in [3.05, 3.63) is 21.3 Å². The van der Waals surface area contributed by atoms with Gasteiger partial charge in [0.2, 0.25) is 0 Å². The highest BCUT2D eigenvalue weighted by atomic mass is 35.5. The molecule has 0 fully saturated rings. The van der Waals surface area contributed by atoms with Crippen LogP contribution in [0.25, 0.3) is 0 Å². The average molecular weight is 262 g/mol. The van der Waals surface area contributed by atoms with Gasteiger partial charge in [-0.3, -0.25) is 0 Å². The van der Waals surface area contributed by atoms with Crippen LogP contribution in [0, 0.1) is 0 Å². The third kappa shape index (κ3) is 3.74. The van der Waals surface area contributed by atoms with Gasteiger partial charge in [-0.2, -0.15) is 0 Å². The summed E-state index contributed by atoms with van der Waals surface area (Å²) in [5.74, 6) is 0. The minimum atomic E-state index is 0.146. The molecule has 0 aliphatic heterocycles. The molecule has 1 N–H and O–H groups in total. The quantitative estimate of drug-likeness (QED) is 0.805. The summed E-state index contributed by atoms with van der Waals surface area (Å²) < 4.78 is 5.67. The molecule has 2 atom stereocenters. The molecule has 2 unspecified atom stereocenters. The molecule has 0 saturated heterocycles. The molecule has 0 aromatic carbocycles. The lowest BCUT2D eigenvalue weighted by Crippen LogP contribution is -2.32. The van der Waals surface area contributed by atoms with E-state index in [4.69, 9.17) is 16.3 Å². The van der Waals surface area contributed by atoms with Gasteiger partial charge < -0.3 is 10.1 Å². The predicted molar refractivity (Wildman–Crippen MR) is 71.5 cm³/mol. The molecule has 0 saturated carbocycles. The van der Waals surface area contributed by atoms with Crippen LogP contribution in [-0.4, -0.2) is 19.3 Å². The SMILES string of the molecule is CCCNC(c1sccc1Cl)C(C)OCC. The molecule has 0 spiro atoms. The summed E-state index contributed by atoms with van der Waals surface area (Å²) in [6, 6.07) is 2.15. The van der Waals surface area contributed by atoms with Crippen LogP contribution in [0.3, 0.4) is 0 Å². The topological polar surface area (TPSA) is 21.3 Å². The Morgan fingerprint density at radius 1 is 1.50 bits per heavy atom. The Hall–Kier alpha value is -0.0900. The fraction of sp³-hybridized carbons (Fsp3) is 0.667. The Balaban J connectivity index is 2.74. The third-order valence-corrected chi connectivity index (χ3v) is 3.88. The fourth-order valence-corrected chi connectivity index (χ4v) is 3.00. The zero-order valence-corrected chi connectivity index (χ0v) is 11.7. The second-order valence-corrected chi connectivity index (χ2v) is 5.08.